The smallest absolute Gasteiger partial charge is 0.173 e. The van der Waals surface area contributed by atoms with E-state index in [-0.39, 0.29) is 11.5 Å². The van der Waals surface area contributed by atoms with Crippen LogP contribution in [0.2, 0.25) is 5.02 Å². The number of nitrogens with two attached hydrogens (primary N) is 1. The maximum absolute atomic E-state index is 11.2. The Morgan fingerprint density at radius 1 is 1.37 bits per heavy atom. The summed E-state index contributed by atoms with van der Waals surface area (Å²) >= 11 is 6.20. The minimum Gasteiger partial charge on any atom is -0.486 e. The summed E-state index contributed by atoms with van der Waals surface area (Å²) in [6.45, 7) is 2.90. The molecule has 0 amide bonds. The zero-order valence-corrected chi connectivity index (χ0v) is 11.5. The molecule has 5 heteroatoms. The van der Waals surface area contributed by atoms with Crippen LogP contribution in [-0.4, -0.2) is 25.5 Å². The van der Waals surface area contributed by atoms with Crippen LogP contribution >= 0.6 is 11.6 Å². The molecule has 1 aliphatic carbocycles. The fourth-order valence-electron chi connectivity index (χ4n) is 2.78. The average Bonchev–Trinajstić information content (AvgIpc) is 3.19. The zero-order valence-electron chi connectivity index (χ0n) is 10.7. The van der Waals surface area contributed by atoms with Crippen molar-refractivity contribution < 1.29 is 14.3 Å². The van der Waals surface area contributed by atoms with Gasteiger partial charge in [0.15, 0.2) is 17.8 Å². The lowest BCUT2D eigenvalue weighted by Gasteiger charge is -2.28. The van der Waals surface area contributed by atoms with Gasteiger partial charge < -0.3 is 15.2 Å². The second kappa shape index (κ2) is 4.39. The lowest BCUT2D eigenvalue weighted by atomic mass is 9.87. The maximum atomic E-state index is 11.2. The molecule has 1 unspecified atom stereocenters. The van der Waals surface area contributed by atoms with E-state index in [9.17, 15) is 4.79 Å². The molecule has 0 bridgehead atoms. The van der Waals surface area contributed by atoms with Gasteiger partial charge in [-0.2, -0.15) is 0 Å². The number of ether oxygens (including phenoxy) is 2. The van der Waals surface area contributed by atoms with E-state index in [1.807, 2.05) is 13.0 Å². The summed E-state index contributed by atoms with van der Waals surface area (Å²) in [5.74, 6) is 1.11. The number of carbonyl (C=O) groups excluding carboxylic acids is 1. The van der Waals surface area contributed by atoms with Crippen LogP contribution in [0.15, 0.2) is 6.07 Å². The SMILES string of the molecule is CC(N)C1(c2cc(Cl)c(C=O)c3c2OCCO3)CC1. The van der Waals surface area contributed by atoms with Crippen LogP contribution in [-0.2, 0) is 5.41 Å². The number of carbonyl (C=O) groups is 1. The Morgan fingerprint density at radius 3 is 2.53 bits per heavy atom. The van der Waals surface area contributed by atoms with Gasteiger partial charge in [0, 0.05) is 17.0 Å². The summed E-state index contributed by atoms with van der Waals surface area (Å²) in [6.07, 6.45) is 2.74. The van der Waals surface area contributed by atoms with E-state index in [0.29, 0.717) is 41.6 Å². The van der Waals surface area contributed by atoms with Crippen LogP contribution in [0.4, 0.5) is 0 Å². The van der Waals surface area contributed by atoms with Gasteiger partial charge >= 0.3 is 0 Å². The first-order valence-corrected chi connectivity index (χ1v) is 6.81. The van der Waals surface area contributed by atoms with Crippen LogP contribution in [0.3, 0.4) is 0 Å². The average molecular weight is 282 g/mol. The monoisotopic (exact) mass is 281 g/mol. The van der Waals surface area contributed by atoms with Crippen molar-refractivity contribution in [1.29, 1.82) is 0 Å². The van der Waals surface area contributed by atoms with E-state index in [2.05, 4.69) is 0 Å². The molecule has 0 aromatic heterocycles. The van der Waals surface area contributed by atoms with Crippen LogP contribution in [0.5, 0.6) is 11.5 Å². The van der Waals surface area contributed by atoms with E-state index >= 15 is 0 Å². The highest BCUT2D eigenvalue weighted by atomic mass is 35.5. The fraction of sp³-hybridized carbons (Fsp3) is 0.500. The standard InChI is InChI=1S/C14H16ClNO3/c1-8(16)14(2-3-14)10-6-11(15)9(7-17)12-13(10)19-5-4-18-12/h6-8H,2-5,16H2,1H3. The predicted octanol–water partition coefficient (Wildman–Crippen LogP) is 2.30. The van der Waals surface area contributed by atoms with Crippen LogP contribution in [0, 0.1) is 0 Å². The molecular weight excluding hydrogens is 266 g/mol. The molecule has 3 rings (SSSR count). The van der Waals surface area contributed by atoms with Crippen molar-refractivity contribution in [3.63, 3.8) is 0 Å². The molecule has 4 nitrogen and oxygen atoms in total. The number of hydrogen-bond acceptors (Lipinski definition) is 4. The minimum absolute atomic E-state index is 0.0141. The van der Waals surface area contributed by atoms with Gasteiger partial charge in [0.25, 0.3) is 0 Å². The Kier molecular flexibility index (Phi) is 2.95. The molecule has 2 N–H and O–H groups in total. The lowest BCUT2D eigenvalue weighted by molar-refractivity contribution is 0.111. The van der Waals surface area contributed by atoms with Crippen molar-refractivity contribution in [2.75, 3.05) is 13.2 Å². The Morgan fingerprint density at radius 2 is 2.00 bits per heavy atom. The number of aldehydes is 1. The molecule has 1 aliphatic heterocycles. The van der Waals surface area contributed by atoms with E-state index in [0.717, 1.165) is 18.4 Å². The molecule has 1 aromatic carbocycles. The summed E-state index contributed by atoms with van der Waals surface area (Å²) in [7, 11) is 0. The van der Waals surface area contributed by atoms with Gasteiger partial charge in [-0.15, -0.1) is 0 Å². The van der Waals surface area contributed by atoms with E-state index < -0.39 is 0 Å². The van der Waals surface area contributed by atoms with Crippen molar-refractivity contribution in [2.45, 2.75) is 31.2 Å². The van der Waals surface area contributed by atoms with Gasteiger partial charge in [-0.3, -0.25) is 4.79 Å². The molecule has 19 heavy (non-hydrogen) atoms. The minimum atomic E-state index is -0.0875. The number of benzene rings is 1. The zero-order chi connectivity index (χ0) is 13.6. The topological polar surface area (TPSA) is 61.6 Å². The summed E-state index contributed by atoms with van der Waals surface area (Å²) in [5.41, 5.74) is 7.36. The third kappa shape index (κ3) is 1.82. The highest BCUT2D eigenvalue weighted by Crippen LogP contribution is 2.56. The summed E-state index contributed by atoms with van der Waals surface area (Å²) < 4.78 is 11.3. The van der Waals surface area contributed by atoms with Gasteiger partial charge in [-0.25, -0.2) is 0 Å². The first-order valence-electron chi connectivity index (χ1n) is 6.43. The van der Waals surface area contributed by atoms with Crippen molar-refractivity contribution in [2.24, 2.45) is 5.73 Å². The highest BCUT2D eigenvalue weighted by molar-refractivity contribution is 6.33. The number of halogens is 1. The first-order chi connectivity index (χ1) is 9.10. The summed E-state index contributed by atoms with van der Waals surface area (Å²) in [5, 5.41) is 0.404. The molecule has 1 aromatic rings. The molecule has 0 radical (unpaired) electrons. The quantitative estimate of drug-likeness (QED) is 0.864. The first kappa shape index (κ1) is 12.8. The Hall–Kier alpha value is -1.26. The molecular formula is C14H16ClNO3. The lowest BCUT2D eigenvalue weighted by Crippen LogP contribution is -2.33. The van der Waals surface area contributed by atoms with E-state index in [1.54, 1.807) is 0 Å². The highest BCUT2D eigenvalue weighted by Gasteiger charge is 2.50. The molecule has 1 fully saturated rings. The number of rotatable bonds is 3. The molecule has 0 saturated heterocycles. The van der Waals surface area contributed by atoms with E-state index in [1.165, 1.54) is 0 Å². The van der Waals surface area contributed by atoms with Crippen molar-refractivity contribution in [3.8, 4) is 11.5 Å². The molecule has 1 atom stereocenters. The van der Waals surface area contributed by atoms with Crippen LogP contribution in [0.25, 0.3) is 0 Å². The molecule has 102 valence electrons. The van der Waals surface area contributed by atoms with Gasteiger partial charge in [0.2, 0.25) is 0 Å². The fourth-order valence-corrected chi connectivity index (χ4v) is 3.02. The van der Waals surface area contributed by atoms with Gasteiger partial charge in [-0.1, -0.05) is 11.6 Å². The molecule has 2 aliphatic rings. The van der Waals surface area contributed by atoms with Crippen molar-refractivity contribution in [3.05, 3.63) is 22.2 Å². The Bertz CT molecular complexity index is 538. The third-order valence-corrected chi connectivity index (χ3v) is 4.43. The van der Waals surface area contributed by atoms with Gasteiger partial charge in [0.1, 0.15) is 13.2 Å². The largest absolute Gasteiger partial charge is 0.486 e. The third-order valence-electron chi connectivity index (χ3n) is 4.11. The van der Waals surface area contributed by atoms with Crippen LogP contribution < -0.4 is 15.2 Å². The van der Waals surface area contributed by atoms with Crippen molar-refractivity contribution >= 4 is 17.9 Å². The predicted molar refractivity (Wildman–Crippen MR) is 72.4 cm³/mol. The normalized spacial score (nSPS) is 20.8. The van der Waals surface area contributed by atoms with Gasteiger partial charge in [0.05, 0.1) is 10.6 Å². The summed E-state index contributed by atoms with van der Waals surface area (Å²) in [6, 6.07) is 1.83. The number of hydrogen-bond donors (Lipinski definition) is 1. The molecule has 1 saturated carbocycles. The van der Waals surface area contributed by atoms with Crippen molar-refractivity contribution in [1.82, 2.24) is 0 Å². The maximum Gasteiger partial charge on any atom is 0.173 e. The van der Waals surface area contributed by atoms with E-state index in [4.69, 9.17) is 26.8 Å². The Balaban J connectivity index is 2.21. The molecule has 1 heterocycles. The Labute approximate surface area is 116 Å². The van der Waals surface area contributed by atoms with Crippen LogP contribution in [0.1, 0.15) is 35.7 Å². The molecule has 0 spiro atoms. The summed E-state index contributed by atoms with van der Waals surface area (Å²) in [4.78, 5) is 11.2. The second-order valence-electron chi connectivity index (χ2n) is 5.24. The number of fused-ring (bicyclic) bond motifs is 1. The van der Waals surface area contributed by atoms with Gasteiger partial charge in [-0.05, 0) is 25.8 Å². The second-order valence-corrected chi connectivity index (χ2v) is 5.64.